The fraction of sp³-hybridized carbons (Fsp3) is 0.391. The molecule has 2 aliphatic rings. The summed E-state index contributed by atoms with van der Waals surface area (Å²) in [6.45, 7) is 2.05. The summed E-state index contributed by atoms with van der Waals surface area (Å²) < 4.78 is 59.1. The van der Waals surface area contributed by atoms with E-state index in [1.165, 1.54) is 34.7 Å². The number of likely N-dealkylation sites (tertiary alicyclic amines) is 1. The van der Waals surface area contributed by atoms with Crippen molar-refractivity contribution in [2.45, 2.75) is 19.1 Å². The Hall–Kier alpha value is -3.70. The minimum atomic E-state index is -4.67. The van der Waals surface area contributed by atoms with Crippen LogP contribution in [0.15, 0.2) is 39.8 Å². The predicted octanol–water partition coefficient (Wildman–Crippen LogP) is 3.11. The minimum Gasteiger partial charge on any atom is -0.456 e. The molecule has 3 aromatic heterocycles. The number of aryl methyl sites for hydroxylation is 1. The Bertz CT molecular complexity index is 1370. The molecule has 1 saturated carbocycles. The summed E-state index contributed by atoms with van der Waals surface area (Å²) in [5.41, 5.74) is -0.103. The van der Waals surface area contributed by atoms with Crippen LogP contribution in [0.25, 0.3) is 11.3 Å². The van der Waals surface area contributed by atoms with E-state index >= 15 is 0 Å². The molecule has 0 spiro atoms. The number of furan rings is 1. The molecule has 3 aromatic rings. The quantitative estimate of drug-likeness (QED) is 0.522. The third-order valence-electron chi connectivity index (χ3n) is 6.79. The topological polar surface area (TPSA) is 84.5 Å². The van der Waals surface area contributed by atoms with Crippen LogP contribution < -0.4 is 10.5 Å². The van der Waals surface area contributed by atoms with Crippen molar-refractivity contribution in [3.63, 3.8) is 0 Å². The summed E-state index contributed by atoms with van der Waals surface area (Å²) in [6.07, 6.45) is -2.20. The number of carbonyl (C=O) groups is 1. The van der Waals surface area contributed by atoms with Gasteiger partial charge in [-0.1, -0.05) is 0 Å². The SMILES string of the molecule is Cc1oc(C(F)(F)F)cc1C(=O)N1C[C@@H]2[C@H](C1)[C@H]2N(C)c1nc(-c2ccncc2F)cc(=O)n1C. The van der Waals surface area contributed by atoms with Gasteiger partial charge < -0.3 is 14.2 Å². The number of halogens is 4. The summed E-state index contributed by atoms with van der Waals surface area (Å²) in [6, 6.07) is 3.42. The summed E-state index contributed by atoms with van der Waals surface area (Å²) in [5, 5.41) is 0. The van der Waals surface area contributed by atoms with E-state index < -0.39 is 23.7 Å². The van der Waals surface area contributed by atoms with Crippen LogP contribution in [0.2, 0.25) is 0 Å². The van der Waals surface area contributed by atoms with Crippen molar-refractivity contribution in [2.75, 3.05) is 25.0 Å². The first-order valence-electron chi connectivity index (χ1n) is 10.8. The third kappa shape index (κ3) is 3.86. The first-order valence-corrected chi connectivity index (χ1v) is 10.8. The molecule has 0 N–H and O–H groups in total. The smallest absolute Gasteiger partial charge is 0.449 e. The lowest BCUT2D eigenvalue weighted by Crippen LogP contribution is -2.38. The lowest BCUT2D eigenvalue weighted by molar-refractivity contribution is -0.153. The van der Waals surface area contributed by atoms with Gasteiger partial charge in [-0.2, -0.15) is 13.2 Å². The molecule has 2 fully saturated rings. The van der Waals surface area contributed by atoms with Gasteiger partial charge in [0, 0.05) is 69.0 Å². The Kier molecular flexibility index (Phi) is 5.22. The maximum atomic E-state index is 14.2. The average molecular weight is 491 g/mol. The molecule has 12 heteroatoms. The van der Waals surface area contributed by atoms with E-state index in [-0.39, 0.29) is 46.0 Å². The number of nitrogens with zero attached hydrogens (tertiary/aromatic N) is 5. The number of alkyl halides is 3. The zero-order chi connectivity index (χ0) is 25.2. The Labute approximate surface area is 196 Å². The van der Waals surface area contributed by atoms with E-state index in [0.29, 0.717) is 19.0 Å². The van der Waals surface area contributed by atoms with E-state index in [0.717, 1.165) is 12.3 Å². The molecule has 0 aromatic carbocycles. The van der Waals surface area contributed by atoms with Crippen molar-refractivity contribution in [3.05, 3.63) is 63.8 Å². The maximum Gasteiger partial charge on any atom is 0.449 e. The molecule has 35 heavy (non-hydrogen) atoms. The summed E-state index contributed by atoms with van der Waals surface area (Å²) in [4.78, 5) is 37.0. The maximum absolute atomic E-state index is 14.2. The molecular weight excluding hydrogens is 470 g/mol. The molecule has 1 amide bonds. The summed E-state index contributed by atoms with van der Waals surface area (Å²) in [7, 11) is 3.35. The molecule has 184 valence electrons. The van der Waals surface area contributed by atoms with E-state index in [2.05, 4.69) is 9.97 Å². The van der Waals surface area contributed by atoms with Crippen molar-refractivity contribution in [1.29, 1.82) is 0 Å². The van der Waals surface area contributed by atoms with Crippen LogP contribution in [0.3, 0.4) is 0 Å². The minimum absolute atomic E-state index is 0.0223. The monoisotopic (exact) mass is 491 g/mol. The standard InChI is InChI=1S/C23H21F4N5O3/c1-11-13(6-18(35-11)23(25,26)27)21(34)32-9-14-15(10-32)20(14)31(3)22-29-17(7-19(33)30(22)2)12-4-5-28-8-16(12)24/h4-8,14-15,20H,9-10H2,1-3H3/t14-,15+,20+. The lowest BCUT2D eigenvalue weighted by Gasteiger charge is -2.26. The third-order valence-corrected chi connectivity index (χ3v) is 6.79. The number of aromatic nitrogens is 3. The number of anilines is 1. The highest BCUT2D eigenvalue weighted by Gasteiger charge is 2.59. The van der Waals surface area contributed by atoms with E-state index in [1.807, 2.05) is 4.90 Å². The zero-order valence-electron chi connectivity index (χ0n) is 19.0. The molecular formula is C23H21F4N5O3. The first-order chi connectivity index (χ1) is 16.5. The predicted molar refractivity (Wildman–Crippen MR) is 116 cm³/mol. The van der Waals surface area contributed by atoms with Gasteiger partial charge in [-0.3, -0.25) is 19.1 Å². The second kappa shape index (κ2) is 7.92. The van der Waals surface area contributed by atoms with Crippen LogP contribution in [0.4, 0.5) is 23.5 Å². The second-order valence-corrected chi connectivity index (χ2v) is 8.91. The van der Waals surface area contributed by atoms with E-state index in [1.54, 1.807) is 14.1 Å². The number of hydrogen-bond acceptors (Lipinski definition) is 6. The number of pyridine rings is 1. The number of carbonyl (C=O) groups excluding carboxylic acids is 1. The number of fused-ring (bicyclic) bond motifs is 1. The highest BCUT2D eigenvalue weighted by atomic mass is 19.4. The fourth-order valence-electron chi connectivity index (χ4n) is 4.94. The van der Waals surface area contributed by atoms with Gasteiger partial charge in [0.05, 0.1) is 17.5 Å². The van der Waals surface area contributed by atoms with Crippen molar-refractivity contribution in [1.82, 2.24) is 19.4 Å². The van der Waals surface area contributed by atoms with Crippen LogP contribution in [0.1, 0.15) is 21.9 Å². The van der Waals surface area contributed by atoms with Gasteiger partial charge in [-0.25, -0.2) is 9.37 Å². The number of amides is 1. The first kappa shape index (κ1) is 23.1. The van der Waals surface area contributed by atoms with Gasteiger partial charge in [0.15, 0.2) is 5.82 Å². The Morgan fingerprint density at radius 2 is 1.91 bits per heavy atom. The van der Waals surface area contributed by atoms with Crippen molar-refractivity contribution >= 4 is 11.9 Å². The largest absolute Gasteiger partial charge is 0.456 e. The number of hydrogen-bond donors (Lipinski definition) is 0. The van der Waals surface area contributed by atoms with Crippen molar-refractivity contribution in [3.8, 4) is 11.3 Å². The molecule has 1 aliphatic heterocycles. The molecule has 3 atom stereocenters. The average Bonchev–Trinajstić information content (AvgIpc) is 3.10. The van der Waals surface area contributed by atoms with Crippen LogP contribution in [-0.4, -0.2) is 51.5 Å². The Balaban J connectivity index is 1.33. The van der Waals surface area contributed by atoms with Gasteiger partial charge in [0.25, 0.3) is 11.5 Å². The molecule has 4 heterocycles. The van der Waals surface area contributed by atoms with E-state index in [9.17, 15) is 27.2 Å². The van der Waals surface area contributed by atoms with E-state index in [4.69, 9.17) is 4.42 Å². The zero-order valence-corrected chi connectivity index (χ0v) is 19.0. The van der Waals surface area contributed by atoms with Gasteiger partial charge in [0.2, 0.25) is 11.7 Å². The highest BCUT2D eigenvalue weighted by Crippen LogP contribution is 2.49. The molecule has 1 saturated heterocycles. The van der Waals surface area contributed by atoms with Crippen molar-refractivity contribution in [2.24, 2.45) is 18.9 Å². The molecule has 0 radical (unpaired) electrons. The van der Waals surface area contributed by atoms with Gasteiger partial charge >= 0.3 is 6.18 Å². The Morgan fingerprint density at radius 3 is 2.51 bits per heavy atom. The highest BCUT2D eigenvalue weighted by molar-refractivity contribution is 5.95. The molecule has 0 unspecified atom stereocenters. The molecule has 1 aliphatic carbocycles. The summed E-state index contributed by atoms with van der Waals surface area (Å²) in [5.74, 6) is -1.89. The molecule has 8 nitrogen and oxygen atoms in total. The number of rotatable bonds is 4. The molecule has 0 bridgehead atoms. The van der Waals surface area contributed by atoms with Crippen molar-refractivity contribution < 1.29 is 26.8 Å². The normalized spacial score (nSPS) is 21.2. The van der Waals surface area contributed by atoms with Crippen LogP contribution in [0.5, 0.6) is 0 Å². The van der Waals surface area contributed by atoms with Gasteiger partial charge in [0.1, 0.15) is 5.76 Å². The van der Waals surface area contributed by atoms with Gasteiger partial charge in [-0.05, 0) is 13.0 Å². The fourth-order valence-corrected chi connectivity index (χ4v) is 4.94. The lowest BCUT2D eigenvalue weighted by atomic mass is 10.2. The van der Waals surface area contributed by atoms with Crippen LogP contribution in [-0.2, 0) is 13.2 Å². The Morgan fingerprint density at radius 1 is 1.23 bits per heavy atom. The number of piperidine rings is 1. The van der Waals surface area contributed by atoms with Crippen LogP contribution in [0, 0.1) is 24.6 Å². The summed E-state index contributed by atoms with van der Waals surface area (Å²) >= 11 is 0. The second-order valence-electron chi connectivity index (χ2n) is 8.91. The molecule has 5 rings (SSSR count). The van der Waals surface area contributed by atoms with Gasteiger partial charge in [-0.15, -0.1) is 0 Å². The van der Waals surface area contributed by atoms with Crippen LogP contribution >= 0.6 is 0 Å².